The predicted molar refractivity (Wildman–Crippen MR) is 79.6 cm³/mol. The molecular formula is C16H21N3O2. The maximum Gasteiger partial charge on any atom is 0.127 e. The van der Waals surface area contributed by atoms with Crippen LogP contribution >= 0.6 is 0 Å². The molecule has 21 heavy (non-hydrogen) atoms. The van der Waals surface area contributed by atoms with Crippen LogP contribution in [0.5, 0.6) is 11.5 Å². The molecule has 0 aliphatic carbocycles. The van der Waals surface area contributed by atoms with E-state index in [4.69, 9.17) is 9.47 Å². The lowest BCUT2D eigenvalue weighted by atomic mass is 10.0. The first kappa shape index (κ1) is 14.2. The molecule has 1 aromatic carbocycles. The van der Waals surface area contributed by atoms with E-state index in [9.17, 15) is 5.26 Å². The van der Waals surface area contributed by atoms with Crippen LogP contribution in [-0.4, -0.2) is 44.3 Å². The summed E-state index contributed by atoms with van der Waals surface area (Å²) in [5.41, 5.74) is 2.08. The Balaban J connectivity index is 1.96. The molecule has 2 aliphatic heterocycles. The topological polar surface area (TPSA) is 57.5 Å². The molecule has 1 saturated heterocycles. The summed E-state index contributed by atoms with van der Waals surface area (Å²) in [4.78, 5) is 2.19. The second-order valence-electron chi connectivity index (χ2n) is 5.65. The van der Waals surface area contributed by atoms with Crippen molar-refractivity contribution in [3.8, 4) is 17.6 Å². The van der Waals surface area contributed by atoms with Gasteiger partial charge in [0.15, 0.2) is 0 Å². The van der Waals surface area contributed by atoms with E-state index in [-0.39, 0.29) is 12.1 Å². The van der Waals surface area contributed by atoms with E-state index in [2.05, 4.69) is 23.2 Å². The normalized spacial score (nSPS) is 23.0. The van der Waals surface area contributed by atoms with Gasteiger partial charge < -0.3 is 14.8 Å². The van der Waals surface area contributed by atoms with Crippen molar-refractivity contribution in [2.75, 3.05) is 33.3 Å². The number of methoxy groups -OCH3 is 1. The molecule has 0 bridgehead atoms. The molecule has 3 rings (SSSR count). The molecule has 0 saturated carbocycles. The van der Waals surface area contributed by atoms with Gasteiger partial charge in [-0.3, -0.25) is 4.90 Å². The molecule has 2 atom stereocenters. The molecule has 1 N–H and O–H groups in total. The van der Waals surface area contributed by atoms with E-state index >= 15 is 0 Å². The number of nitriles is 1. The fourth-order valence-electron chi connectivity index (χ4n) is 3.13. The summed E-state index contributed by atoms with van der Waals surface area (Å²) in [5, 5.41) is 13.0. The van der Waals surface area contributed by atoms with Crippen molar-refractivity contribution in [3.63, 3.8) is 0 Å². The number of nitrogens with one attached hydrogen (secondary N) is 1. The van der Waals surface area contributed by atoms with Gasteiger partial charge in [-0.2, -0.15) is 5.26 Å². The molecule has 0 spiro atoms. The van der Waals surface area contributed by atoms with Crippen molar-refractivity contribution in [3.05, 3.63) is 23.3 Å². The number of fused-ring (bicyclic) bond motifs is 1. The zero-order chi connectivity index (χ0) is 14.8. The van der Waals surface area contributed by atoms with Gasteiger partial charge in [-0.05, 0) is 19.1 Å². The SMILES string of the molecule is COc1cc2c(cc1C(C#N)N1CCNCC1)OC(C)C2. The average molecular weight is 287 g/mol. The summed E-state index contributed by atoms with van der Waals surface area (Å²) in [6, 6.07) is 6.16. The van der Waals surface area contributed by atoms with E-state index < -0.39 is 0 Å². The highest BCUT2D eigenvalue weighted by molar-refractivity contribution is 5.51. The Morgan fingerprint density at radius 2 is 2.19 bits per heavy atom. The second-order valence-corrected chi connectivity index (χ2v) is 5.65. The molecule has 0 aromatic heterocycles. The van der Waals surface area contributed by atoms with Gasteiger partial charge >= 0.3 is 0 Å². The van der Waals surface area contributed by atoms with Gasteiger partial charge in [0.25, 0.3) is 0 Å². The lowest BCUT2D eigenvalue weighted by Crippen LogP contribution is -2.44. The number of benzene rings is 1. The fraction of sp³-hybridized carbons (Fsp3) is 0.562. The lowest BCUT2D eigenvalue weighted by molar-refractivity contribution is 0.204. The van der Waals surface area contributed by atoms with Crippen molar-refractivity contribution in [1.82, 2.24) is 10.2 Å². The number of piperazine rings is 1. The highest BCUT2D eigenvalue weighted by atomic mass is 16.5. The fourth-order valence-corrected chi connectivity index (χ4v) is 3.13. The summed E-state index contributed by atoms with van der Waals surface area (Å²) in [7, 11) is 1.66. The molecule has 2 unspecified atom stereocenters. The largest absolute Gasteiger partial charge is 0.496 e. The standard InChI is InChI=1S/C16H21N3O2/c1-11-7-12-8-16(20-2)13(9-15(12)21-11)14(10-17)19-5-3-18-4-6-19/h8-9,11,14,18H,3-7H2,1-2H3. The Morgan fingerprint density at radius 1 is 1.43 bits per heavy atom. The maximum atomic E-state index is 9.64. The third-order valence-corrected chi connectivity index (χ3v) is 4.18. The van der Waals surface area contributed by atoms with Gasteiger partial charge in [0, 0.05) is 43.7 Å². The van der Waals surface area contributed by atoms with Gasteiger partial charge in [0.2, 0.25) is 0 Å². The van der Waals surface area contributed by atoms with Gasteiger partial charge in [-0.1, -0.05) is 0 Å². The van der Waals surface area contributed by atoms with Crippen LogP contribution in [0.25, 0.3) is 0 Å². The third-order valence-electron chi connectivity index (χ3n) is 4.18. The van der Waals surface area contributed by atoms with Crippen LogP contribution in [0.15, 0.2) is 12.1 Å². The van der Waals surface area contributed by atoms with Gasteiger partial charge in [-0.15, -0.1) is 0 Å². The molecule has 0 radical (unpaired) electrons. The van der Waals surface area contributed by atoms with Crippen molar-refractivity contribution < 1.29 is 9.47 Å². The summed E-state index contributed by atoms with van der Waals surface area (Å²) in [6.07, 6.45) is 1.09. The van der Waals surface area contributed by atoms with Gasteiger partial charge in [0.05, 0.1) is 13.2 Å². The molecule has 5 nitrogen and oxygen atoms in total. The second kappa shape index (κ2) is 5.92. The van der Waals surface area contributed by atoms with Crippen molar-refractivity contribution >= 4 is 0 Å². The third kappa shape index (κ3) is 2.69. The molecular weight excluding hydrogens is 266 g/mol. The zero-order valence-corrected chi connectivity index (χ0v) is 12.6. The van der Waals surface area contributed by atoms with Crippen LogP contribution < -0.4 is 14.8 Å². The molecule has 2 heterocycles. The average Bonchev–Trinajstić information content (AvgIpc) is 2.87. The first-order valence-corrected chi connectivity index (χ1v) is 7.44. The molecule has 2 aliphatic rings. The first-order chi connectivity index (χ1) is 10.2. The summed E-state index contributed by atoms with van der Waals surface area (Å²) >= 11 is 0. The lowest BCUT2D eigenvalue weighted by Gasteiger charge is -2.32. The number of nitrogens with zero attached hydrogens (tertiary/aromatic N) is 2. The van der Waals surface area contributed by atoms with Crippen LogP contribution in [0.3, 0.4) is 0 Å². The molecule has 5 heteroatoms. The smallest absolute Gasteiger partial charge is 0.127 e. The van der Waals surface area contributed by atoms with Crippen LogP contribution in [0.2, 0.25) is 0 Å². The minimum Gasteiger partial charge on any atom is -0.496 e. The van der Waals surface area contributed by atoms with Crippen molar-refractivity contribution in [1.29, 1.82) is 5.26 Å². The highest BCUT2D eigenvalue weighted by Gasteiger charge is 2.28. The Morgan fingerprint density at radius 3 is 2.86 bits per heavy atom. The predicted octanol–water partition coefficient (Wildman–Crippen LogP) is 1.49. The van der Waals surface area contributed by atoms with E-state index in [1.807, 2.05) is 12.1 Å². The van der Waals surface area contributed by atoms with E-state index in [1.165, 1.54) is 5.56 Å². The van der Waals surface area contributed by atoms with Crippen LogP contribution in [0.4, 0.5) is 0 Å². The Labute approximate surface area is 125 Å². The quantitative estimate of drug-likeness (QED) is 0.913. The highest BCUT2D eigenvalue weighted by Crippen LogP contribution is 2.39. The van der Waals surface area contributed by atoms with Gasteiger partial charge in [0.1, 0.15) is 23.6 Å². The Bertz CT molecular complexity index is 561. The van der Waals surface area contributed by atoms with Crippen LogP contribution in [-0.2, 0) is 6.42 Å². The number of hydrogen-bond donors (Lipinski definition) is 1. The monoisotopic (exact) mass is 287 g/mol. The minimum absolute atomic E-state index is 0.194. The molecule has 1 aromatic rings. The van der Waals surface area contributed by atoms with Gasteiger partial charge in [-0.25, -0.2) is 0 Å². The maximum absolute atomic E-state index is 9.64. The van der Waals surface area contributed by atoms with E-state index in [0.29, 0.717) is 0 Å². The summed E-state index contributed by atoms with van der Waals surface area (Å²) in [5.74, 6) is 1.69. The first-order valence-electron chi connectivity index (χ1n) is 7.44. The van der Waals surface area contributed by atoms with Crippen molar-refractivity contribution in [2.24, 2.45) is 0 Å². The molecule has 0 amide bonds. The zero-order valence-electron chi connectivity index (χ0n) is 12.6. The number of hydrogen-bond acceptors (Lipinski definition) is 5. The van der Waals surface area contributed by atoms with E-state index in [1.54, 1.807) is 7.11 Å². The molecule has 112 valence electrons. The number of rotatable bonds is 3. The minimum atomic E-state index is -0.285. The van der Waals surface area contributed by atoms with Crippen LogP contribution in [0.1, 0.15) is 24.1 Å². The van der Waals surface area contributed by atoms with Crippen molar-refractivity contribution in [2.45, 2.75) is 25.5 Å². The van der Waals surface area contributed by atoms with E-state index in [0.717, 1.165) is 49.7 Å². The number of ether oxygens (including phenoxy) is 2. The van der Waals surface area contributed by atoms with Crippen LogP contribution in [0, 0.1) is 11.3 Å². The summed E-state index contributed by atoms with van der Waals surface area (Å²) < 4.78 is 11.4. The Kier molecular flexibility index (Phi) is 4.00. The molecule has 1 fully saturated rings. The Hall–Kier alpha value is -1.77. The summed E-state index contributed by atoms with van der Waals surface area (Å²) in [6.45, 7) is 5.63.